The monoisotopic (exact) mass is 592 g/mol. The highest BCUT2D eigenvalue weighted by molar-refractivity contribution is 6.01. The summed E-state index contributed by atoms with van der Waals surface area (Å²) in [6.07, 6.45) is 12.5. The van der Waals surface area contributed by atoms with E-state index in [2.05, 4.69) is 79.7 Å². The van der Waals surface area contributed by atoms with E-state index < -0.39 is 0 Å². The van der Waals surface area contributed by atoms with E-state index in [1.807, 2.05) is 6.08 Å². The SMILES string of the molecule is CCN(CC)c1cccc(N2CCN(CC(=O)[C@H]3C(C)C[C@H]4[C@@H]5CCC6=CC(=O)C=C[C@]6(C)C5=CC[C@]34C)CC2)n1.Cl. The standard InChI is InChI=1S/C35H48N4O2.ClH/c1-6-38(7-2)31-9-8-10-32(36-31)39-19-17-37(18-20-39)23-30(41)33-24(3)21-29-27-12-11-25-22-26(40)13-15-34(25,4)28(27)14-16-35(29,33)5;/h8-10,13-15,22,24,27,29,33H,6-7,11-12,16-21,23H2,1-5H3;1H/t24?,27-,29+,33-,34+,35+;/m1./s1. The topological polar surface area (TPSA) is 56.8 Å². The van der Waals surface area contributed by atoms with Crippen molar-refractivity contribution in [2.45, 2.75) is 60.3 Å². The van der Waals surface area contributed by atoms with Gasteiger partial charge in [0.25, 0.3) is 0 Å². The van der Waals surface area contributed by atoms with E-state index >= 15 is 0 Å². The van der Waals surface area contributed by atoms with E-state index in [0.29, 0.717) is 30.1 Å². The van der Waals surface area contributed by atoms with Gasteiger partial charge in [0.2, 0.25) is 0 Å². The van der Waals surface area contributed by atoms with Crippen LogP contribution in [-0.2, 0) is 9.59 Å². The molecule has 1 saturated heterocycles. The molecule has 5 aliphatic rings. The third-order valence-corrected chi connectivity index (χ3v) is 11.5. The van der Waals surface area contributed by atoms with Crippen LogP contribution in [0.5, 0.6) is 0 Å². The van der Waals surface area contributed by atoms with Crippen molar-refractivity contribution in [2.75, 3.05) is 55.6 Å². The number of carbonyl (C=O) groups is 2. The van der Waals surface area contributed by atoms with Crippen LogP contribution >= 0.6 is 12.4 Å². The molecule has 0 aromatic carbocycles. The molecular weight excluding hydrogens is 544 g/mol. The van der Waals surface area contributed by atoms with Crippen LogP contribution in [0.2, 0.25) is 0 Å². The molecule has 1 aromatic rings. The number of aromatic nitrogens is 1. The van der Waals surface area contributed by atoms with Gasteiger partial charge in [0.1, 0.15) is 11.6 Å². The Hall–Kier alpha value is -2.44. The maximum atomic E-state index is 14.1. The molecule has 3 fully saturated rings. The summed E-state index contributed by atoms with van der Waals surface area (Å²) in [7, 11) is 0. The van der Waals surface area contributed by atoms with Gasteiger partial charge < -0.3 is 9.80 Å². The fourth-order valence-electron chi connectivity index (χ4n) is 9.34. The minimum absolute atomic E-state index is 0. The van der Waals surface area contributed by atoms with Crippen molar-refractivity contribution in [1.29, 1.82) is 0 Å². The van der Waals surface area contributed by atoms with Gasteiger partial charge in [-0.05, 0) is 93.9 Å². The third kappa shape index (κ3) is 5.17. The van der Waals surface area contributed by atoms with Crippen LogP contribution in [0.4, 0.5) is 11.6 Å². The summed E-state index contributed by atoms with van der Waals surface area (Å²) in [4.78, 5) is 38.1. The van der Waals surface area contributed by atoms with Gasteiger partial charge in [-0.2, -0.15) is 0 Å². The second-order valence-electron chi connectivity index (χ2n) is 13.7. The van der Waals surface area contributed by atoms with Crippen molar-refractivity contribution < 1.29 is 9.59 Å². The van der Waals surface area contributed by atoms with E-state index in [1.54, 1.807) is 6.08 Å². The number of rotatable bonds is 7. The Morgan fingerprint density at radius 1 is 1.12 bits per heavy atom. The smallest absolute Gasteiger partial charge is 0.178 e. The van der Waals surface area contributed by atoms with Gasteiger partial charge in [0.05, 0.1) is 6.54 Å². The fraction of sp³-hybridized carbons (Fsp3) is 0.629. The molecule has 0 spiro atoms. The van der Waals surface area contributed by atoms with Crippen LogP contribution in [-0.4, -0.2) is 67.3 Å². The van der Waals surface area contributed by atoms with E-state index in [4.69, 9.17) is 4.98 Å². The minimum atomic E-state index is -0.122. The number of piperazine rings is 1. The van der Waals surface area contributed by atoms with Crippen molar-refractivity contribution in [2.24, 2.45) is 34.5 Å². The molecule has 0 radical (unpaired) electrons. The molecule has 0 N–H and O–H groups in total. The lowest BCUT2D eigenvalue weighted by Gasteiger charge is -2.52. The Balaban J connectivity index is 0.00000353. The number of pyridine rings is 1. The summed E-state index contributed by atoms with van der Waals surface area (Å²) in [5.41, 5.74) is 2.69. The molecule has 2 saturated carbocycles. The molecule has 42 heavy (non-hydrogen) atoms. The number of ketones is 2. The highest BCUT2D eigenvalue weighted by Gasteiger charge is 2.59. The second-order valence-corrected chi connectivity index (χ2v) is 13.7. The molecule has 0 bridgehead atoms. The summed E-state index contributed by atoms with van der Waals surface area (Å²) in [5.74, 6) is 4.23. The molecule has 6 nitrogen and oxygen atoms in total. The van der Waals surface area contributed by atoms with Gasteiger partial charge in [-0.15, -0.1) is 12.4 Å². The van der Waals surface area contributed by atoms with Gasteiger partial charge >= 0.3 is 0 Å². The van der Waals surface area contributed by atoms with Crippen LogP contribution < -0.4 is 9.80 Å². The quantitative estimate of drug-likeness (QED) is 0.355. The van der Waals surface area contributed by atoms with Crippen LogP contribution in [0.1, 0.15) is 60.3 Å². The molecule has 228 valence electrons. The molecule has 6 rings (SSSR count). The average Bonchev–Trinajstić information content (AvgIpc) is 3.24. The Kier molecular flexibility index (Phi) is 8.80. The summed E-state index contributed by atoms with van der Waals surface area (Å²) in [6.45, 7) is 17.5. The molecule has 7 heteroatoms. The maximum Gasteiger partial charge on any atom is 0.178 e. The van der Waals surface area contributed by atoms with Crippen molar-refractivity contribution in [3.63, 3.8) is 0 Å². The number of nitrogens with zero attached hydrogens (tertiary/aromatic N) is 4. The number of halogens is 1. The normalized spacial score (nSPS) is 34.0. The Bertz CT molecular complexity index is 1290. The van der Waals surface area contributed by atoms with Gasteiger partial charge in [-0.1, -0.05) is 43.2 Å². The summed E-state index contributed by atoms with van der Waals surface area (Å²) < 4.78 is 0. The summed E-state index contributed by atoms with van der Waals surface area (Å²) in [5, 5.41) is 0. The molecule has 4 aliphatic carbocycles. The first kappa shape index (κ1) is 31.0. The van der Waals surface area contributed by atoms with E-state index in [9.17, 15) is 9.59 Å². The largest absolute Gasteiger partial charge is 0.357 e. The zero-order valence-corrected chi connectivity index (χ0v) is 27.0. The Morgan fingerprint density at radius 2 is 1.86 bits per heavy atom. The first-order valence-electron chi connectivity index (χ1n) is 16.0. The molecule has 2 heterocycles. The molecule has 6 atom stereocenters. The van der Waals surface area contributed by atoms with Crippen molar-refractivity contribution in [3.8, 4) is 0 Å². The van der Waals surface area contributed by atoms with Gasteiger partial charge in [-0.3, -0.25) is 14.5 Å². The second kappa shape index (κ2) is 11.9. The lowest BCUT2D eigenvalue weighted by Crippen LogP contribution is -2.50. The van der Waals surface area contributed by atoms with Gasteiger partial charge in [0.15, 0.2) is 11.6 Å². The van der Waals surface area contributed by atoms with Crippen molar-refractivity contribution in [3.05, 3.63) is 53.6 Å². The number of anilines is 2. The van der Waals surface area contributed by atoms with E-state index in [1.165, 1.54) is 11.1 Å². The van der Waals surface area contributed by atoms with E-state index in [0.717, 1.165) is 76.6 Å². The first-order chi connectivity index (χ1) is 19.7. The highest BCUT2D eigenvalue weighted by atomic mass is 35.5. The zero-order chi connectivity index (χ0) is 28.9. The van der Waals surface area contributed by atoms with Crippen LogP contribution in [0.15, 0.2) is 53.6 Å². The zero-order valence-electron chi connectivity index (χ0n) is 26.1. The minimum Gasteiger partial charge on any atom is -0.357 e. The lowest BCUT2D eigenvalue weighted by molar-refractivity contribution is -0.129. The molecular formula is C35H49ClN4O2. The molecule has 1 unspecified atom stereocenters. The predicted molar refractivity (Wildman–Crippen MR) is 173 cm³/mol. The molecule has 0 amide bonds. The number of Topliss-reactive ketones (excluding diaryl/α,β-unsaturated/α-hetero) is 1. The Labute approximate surface area is 258 Å². The highest BCUT2D eigenvalue weighted by Crippen LogP contribution is 2.65. The van der Waals surface area contributed by atoms with Crippen LogP contribution in [0, 0.1) is 34.5 Å². The van der Waals surface area contributed by atoms with Crippen molar-refractivity contribution >= 4 is 35.6 Å². The average molecular weight is 593 g/mol. The van der Waals surface area contributed by atoms with Gasteiger partial charge in [0, 0.05) is 50.6 Å². The van der Waals surface area contributed by atoms with Crippen LogP contribution in [0.25, 0.3) is 0 Å². The van der Waals surface area contributed by atoms with Crippen molar-refractivity contribution in [1.82, 2.24) is 9.88 Å². The predicted octanol–water partition coefficient (Wildman–Crippen LogP) is 6.13. The number of hydrogen-bond donors (Lipinski definition) is 0. The number of carbonyl (C=O) groups excluding carboxylic acids is 2. The summed E-state index contributed by atoms with van der Waals surface area (Å²) in [6, 6.07) is 6.33. The first-order valence-corrected chi connectivity index (χ1v) is 16.0. The number of hydrogen-bond acceptors (Lipinski definition) is 6. The van der Waals surface area contributed by atoms with Crippen LogP contribution in [0.3, 0.4) is 0 Å². The van der Waals surface area contributed by atoms with E-state index in [-0.39, 0.29) is 34.9 Å². The maximum absolute atomic E-state index is 14.1. The summed E-state index contributed by atoms with van der Waals surface area (Å²) >= 11 is 0. The Morgan fingerprint density at radius 3 is 2.57 bits per heavy atom. The number of fused-ring (bicyclic) bond motifs is 5. The molecule has 1 aromatic heterocycles. The third-order valence-electron chi connectivity index (χ3n) is 11.5. The number of allylic oxidation sites excluding steroid dienone is 6. The fourth-order valence-corrected chi connectivity index (χ4v) is 9.34. The van der Waals surface area contributed by atoms with Gasteiger partial charge in [-0.25, -0.2) is 4.98 Å². The molecule has 1 aliphatic heterocycles. The lowest BCUT2D eigenvalue weighted by atomic mass is 9.52.